The van der Waals surface area contributed by atoms with Gasteiger partial charge in [-0.05, 0) is 6.54 Å². The van der Waals surface area contributed by atoms with Crippen molar-refractivity contribution in [1.29, 1.82) is 0 Å². The summed E-state index contributed by atoms with van der Waals surface area (Å²) in [6.45, 7) is 8.72. The summed E-state index contributed by atoms with van der Waals surface area (Å²) in [5, 5.41) is 0. The van der Waals surface area contributed by atoms with E-state index >= 15 is 0 Å². The Morgan fingerprint density at radius 2 is 1.88 bits per heavy atom. The average Bonchev–Trinajstić information content (AvgIpc) is 2.40. The number of likely N-dealkylation sites (N-methyl/N-ethyl adjacent to an activating group) is 1. The van der Waals surface area contributed by atoms with Crippen molar-refractivity contribution >= 4 is 5.82 Å². The zero-order valence-electron chi connectivity index (χ0n) is 10.3. The minimum absolute atomic E-state index is 0.601. The van der Waals surface area contributed by atoms with Crippen LogP contribution in [0.3, 0.4) is 0 Å². The van der Waals surface area contributed by atoms with Gasteiger partial charge < -0.3 is 10.3 Å². The highest BCUT2D eigenvalue weighted by Crippen LogP contribution is 2.06. The number of nitrogens with two attached hydrogens (primary N) is 1. The van der Waals surface area contributed by atoms with E-state index in [9.17, 15) is 0 Å². The van der Waals surface area contributed by atoms with E-state index in [1.807, 2.05) is 0 Å². The molecule has 1 aliphatic heterocycles. The Morgan fingerprint density at radius 1 is 1.18 bits per heavy atom. The van der Waals surface area contributed by atoms with Crippen LogP contribution in [0.2, 0.25) is 0 Å². The normalized spacial score (nSPS) is 18.2. The van der Waals surface area contributed by atoms with E-state index in [1.165, 1.54) is 0 Å². The number of hydrogen-bond acceptors (Lipinski definition) is 6. The fraction of sp³-hybridized carbons (Fsp3) is 0.636. The predicted octanol–water partition coefficient (Wildman–Crippen LogP) is -0.100. The van der Waals surface area contributed by atoms with Gasteiger partial charge in [0, 0.05) is 32.7 Å². The van der Waals surface area contributed by atoms with Gasteiger partial charge in [0.15, 0.2) is 5.82 Å². The minimum atomic E-state index is 0.601. The highest BCUT2D eigenvalue weighted by molar-refractivity contribution is 5.28. The van der Waals surface area contributed by atoms with Gasteiger partial charge in [0.1, 0.15) is 0 Å². The SMILES string of the molecule is CCN1CCN(Cc2cnc(NN)cn2)CC1. The third-order valence-electron chi connectivity index (χ3n) is 3.15. The topological polar surface area (TPSA) is 70.3 Å². The molecule has 17 heavy (non-hydrogen) atoms. The standard InChI is InChI=1S/C11H20N6/c1-2-16-3-5-17(6-4-16)9-10-7-14-11(15-12)8-13-10/h7-8H,2-6,9,12H2,1H3,(H,14,15). The summed E-state index contributed by atoms with van der Waals surface area (Å²) in [4.78, 5) is 13.4. The number of rotatable bonds is 4. The Balaban J connectivity index is 1.84. The molecule has 6 nitrogen and oxygen atoms in total. The van der Waals surface area contributed by atoms with Crippen molar-refractivity contribution in [2.24, 2.45) is 5.84 Å². The molecule has 1 aromatic rings. The molecule has 3 N–H and O–H groups in total. The van der Waals surface area contributed by atoms with Crippen LogP contribution in [0, 0.1) is 0 Å². The van der Waals surface area contributed by atoms with Crippen LogP contribution in [0.1, 0.15) is 12.6 Å². The summed E-state index contributed by atoms with van der Waals surface area (Å²) in [5.74, 6) is 5.85. The van der Waals surface area contributed by atoms with Crippen LogP contribution in [-0.4, -0.2) is 52.5 Å². The lowest BCUT2D eigenvalue weighted by Crippen LogP contribution is -2.45. The molecule has 1 aliphatic rings. The molecule has 0 bridgehead atoms. The van der Waals surface area contributed by atoms with Gasteiger partial charge in [-0.3, -0.25) is 9.88 Å². The summed E-state index contributed by atoms with van der Waals surface area (Å²) in [5.41, 5.74) is 3.47. The Kier molecular flexibility index (Phi) is 4.24. The molecular weight excluding hydrogens is 216 g/mol. The molecule has 2 rings (SSSR count). The Hall–Kier alpha value is -1.24. The predicted molar refractivity (Wildman–Crippen MR) is 67.2 cm³/mol. The molecule has 0 aliphatic carbocycles. The maximum absolute atomic E-state index is 5.25. The molecule has 1 aromatic heterocycles. The van der Waals surface area contributed by atoms with E-state index in [0.717, 1.165) is 45.0 Å². The van der Waals surface area contributed by atoms with Gasteiger partial charge in [-0.15, -0.1) is 0 Å². The highest BCUT2D eigenvalue weighted by atomic mass is 15.3. The van der Waals surface area contributed by atoms with Crippen LogP contribution in [0.4, 0.5) is 5.82 Å². The molecule has 1 fully saturated rings. The van der Waals surface area contributed by atoms with E-state index in [2.05, 4.69) is 32.1 Å². The molecule has 0 spiro atoms. The molecule has 6 heteroatoms. The summed E-state index contributed by atoms with van der Waals surface area (Å²) >= 11 is 0. The Labute approximate surface area is 102 Å². The van der Waals surface area contributed by atoms with E-state index in [4.69, 9.17) is 5.84 Å². The molecule has 0 aromatic carbocycles. The molecule has 2 heterocycles. The number of nitrogen functional groups attached to an aromatic ring is 1. The second-order valence-corrected chi connectivity index (χ2v) is 4.25. The van der Waals surface area contributed by atoms with Crippen LogP contribution in [-0.2, 0) is 6.54 Å². The number of nitrogens with zero attached hydrogens (tertiary/aromatic N) is 4. The van der Waals surface area contributed by atoms with Gasteiger partial charge >= 0.3 is 0 Å². The summed E-state index contributed by atoms with van der Waals surface area (Å²) < 4.78 is 0. The van der Waals surface area contributed by atoms with Crippen molar-refractivity contribution in [3.05, 3.63) is 18.1 Å². The lowest BCUT2D eigenvalue weighted by Gasteiger charge is -2.33. The maximum atomic E-state index is 5.25. The van der Waals surface area contributed by atoms with Crippen molar-refractivity contribution in [3.63, 3.8) is 0 Å². The number of aromatic nitrogens is 2. The van der Waals surface area contributed by atoms with E-state index in [0.29, 0.717) is 5.82 Å². The molecule has 94 valence electrons. The van der Waals surface area contributed by atoms with Gasteiger partial charge in [-0.1, -0.05) is 6.92 Å². The zero-order valence-corrected chi connectivity index (χ0v) is 10.3. The number of nitrogens with one attached hydrogen (secondary N) is 1. The molecule has 0 atom stereocenters. The van der Waals surface area contributed by atoms with Crippen LogP contribution in [0.25, 0.3) is 0 Å². The quantitative estimate of drug-likeness (QED) is 0.562. The van der Waals surface area contributed by atoms with Crippen molar-refractivity contribution in [2.45, 2.75) is 13.5 Å². The van der Waals surface area contributed by atoms with Crippen molar-refractivity contribution < 1.29 is 0 Å². The van der Waals surface area contributed by atoms with Crippen LogP contribution in [0.15, 0.2) is 12.4 Å². The van der Waals surface area contributed by atoms with Gasteiger partial charge in [0.25, 0.3) is 0 Å². The third kappa shape index (κ3) is 3.36. The molecule has 0 unspecified atom stereocenters. The van der Waals surface area contributed by atoms with Crippen molar-refractivity contribution in [1.82, 2.24) is 19.8 Å². The van der Waals surface area contributed by atoms with Gasteiger partial charge in [0.05, 0.1) is 18.1 Å². The summed E-state index contributed by atoms with van der Waals surface area (Å²) in [6.07, 6.45) is 3.44. The molecular formula is C11H20N6. The van der Waals surface area contributed by atoms with Crippen LogP contribution < -0.4 is 11.3 Å². The van der Waals surface area contributed by atoms with Gasteiger partial charge in [0.2, 0.25) is 0 Å². The van der Waals surface area contributed by atoms with Gasteiger partial charge in [-0.25, -0.2) is 10.8 Å². The zero-order chi connectivity index (χ0) is 12.1. The lowest BCUT2D eigenvalue weighted by molar-refractivity contribution is 0.130. The molecule has 0 amide bonds. The average molecular weight is 236 g/mol. The highest BCUT2D eigenvalue weighted by Gasteiger charge is 2.15. The second-order valence-electron chi connectivity index (χ2n) is 4.25. The summed E-state index contributed by atoms with van der Waals surface area (Å²) in [7, 11) is 0. The fourth-order valence-electron chi connectivity index (χ4n) is 2.00. The minimum Gasteiger partial charge on any atom is -0.307 e. The third-order valence-corrected chi connectivity index (χ3v) is 3.15. The first-order chi connectivity index (χ1) is 8.31. The fourth-order valence-corrected chi connectivity index (χ4v) is 2.00. The van der Waals surface area contributed by atoms with Gasteiger partial charge in [-0.2, -0.15) is 0 Å². The van der Waals surface area contributed by atoms with Crippen LogP contribution >= 0.6 is 0 Å². The molecule has 0 radical (unpaired) electrons. The van der Waals surface area contributed by atoms with Crippen molar-refractivity contribution in [2.75, 3.05) is 38.1 Å². The first-order valence-electron chi connectivity index (χ1n) is 6.04. The van der Waals surface area contributed by atoms with Crippen molar-refractivity contribution in [3.8, 4) is 0 Å². The number of hydrogen-bond donors (Lipinski definition) is 2. The first kappa shape index (κ1) is 12.2. The van der Waals surface area contributed by atoms with E-state index < -0.39 is 0 Å². The van der Waals surface area contributed by atoms with E-state index in [1.54, 1.807) is 12.4 Å². The monoisotopic (exact) mass is 236 g/mol. The second kappa shape index (κ2) is 5.90. The number of hydrazine groups is 1. The number of piperazine rings is 1. The van der Waals surface area contributed by atoms with Crippen LogP contribution in [0.5, 0.6) is 0 Å². The number of anilines is 1. The van der Waals surface area contributed by atoms with E-state index in [-0.39, 0.29) is 0 Å². The Bertz CT molecular complexity index is 330. The molecule has 0 saturated carbocycles. The summed E-state index contributed by atoms with van der Waals surface area (Å²) in [6, 6.07) is 0. The molecule has 1 saturated heterocycles. The Morgan fingerprint density at radius 3 is 2.41 bits per heavy atom. The lowest BCUT2D eigenvalue weighted by atomic mass is 10.3. The maximum Gasteiger partial charge on any atom is 0.158 e. The smallest absolute Gasteiger partial charge is 0.158 e. The largest absolute Gasteiger partial charge is 0.307 e. The first-order valence-corrected chi connectivity index (χ1v) is 6.04.